The van der Waals surface area contributed by atoms with Crippen LogP contribution in [-0.4, -0.2) is 17.0 Å². The summed E-state index contributed by atoms with van der Waals surface area (Å²) in [7, 11) is 0. The number of hydrogen-bond acceptors (Lipinski definition) is 5. The van der Waals surface area contributed by atoms with Crippen LogP contribution < -0.4 is 10.5 Å². The average molecular weight is 359 g/mol. The van der Waals surface area contributed by atoms with Gasteiger partial charge < -0.3 is 10.5 Å². The second kappa shape index (κ2) is 6.90. The highest BCUT2D eigenvalue weighted by atomic mass is 35.5. The van der Waals surface area contributed by atoms with Gasteiger partial charge in [0, 0.05) is 5.02 Å². The minimum absolute atomic E-state index is 0.236. The first-order valence-corrected chi connectivity index (χ1v) is 8.06. The summed E-state index contributed by atoms with van der Waals surface area (Å²) in [5, 5.41) is 0.785. The number of rotatable bonds is 3. The second-order valence-corrected chi connectivity index (χ2v) is 6.33. The molecule has 1 aliphatic heterocycles. The summed E-state index contributed by atoms with van der Waals surface area (Å²) in [5.74, 6) is -0.422. The van der Waals surface area contributed by atoms with Crippen LogP contribution in [0.4, 0.5) is 0 Å². The van der Waals surface area contributed by atoms with Gasteiger partial charge in [0.1, 0.15) is 5.75 Å². The third-order valence-corrected chi connectivity index (χ3v) is 4.17. The zero-order valence-corrected chi connectivity index (χ0v) is 13.8. The molecule has 0 aromatic heterocycles. The van der Waals surface area contributed by atoms with E-state index >= 15 is 0 Å². The average Bonchev–Trinajstić information content (AvgIpc) is 2.87. The number of nitrogens with two attached hydrogens (primary N) is 1. The molecule has 0 bridgehead atoms. The van der Waals surface area contributed by atoms with Gasteiger partial charge in [-0.3, -0.25) is 4.79 Å². The summed E-state index contributed by atoms with van der Waals surface area (Å²) in [5.41, 5.74) is 6.69. The molecule has 3 rings (SSSR count). The Bertz CT molecular complexity index is 858. The van der Waals surface area contributed by atoms with Gasteiger partial charge in [-0.15, -0.1) is 0 Å². The fourth-order valence-corrected chi connectivity index (χ4v) is 2.77. The molecular formula is C17H11ClN2O3S. The molecule has 0 unspecified atom stereocenters. The van der Waals surface area contributed by atoms with E-state index in [1.54, 1.807) is 54.6 Å². The molecule has 2 aromatic carbocycles. The maximum Gasteiger partial charge on any atom is 0.343 e. The molecule has 1 amide bonds. The summed E-state index contributed by atoms with van der Waals surface area (Å²) in [4.78, 5) is 27.7. The molecule has 2 aromatic rings. The maximum absolute atomic E-state index is 12.0. The molecule has 1 aliphatic rings. The van der Waals surface area contributed by atoms with E-state index in [4.69, 9.17) is 22.1 Å². The van der Waals surface area contributed by atoms with Crippen molar-refractivity contribution in [2.24, 2.45) is 10.7 Å². The zero-order chi connectivity index (χ0) is 17.1. The summed E-state index contributed by atoms with van der Waals surface area (Å²) in [6.45, 7) is 0. The molecule has 1 heterocycles. The molecule has 0 saturated carbocycles. The molecular weight excluding hydrogens is 348 g/mol. The minimum Gasteiger partial charge on any atom is -0.423 e. The third-order valence-electron chi connectivity index (χ3n) is 3.11. The number of carbonyl (C=O) groups excluding carboxylic acids is 2. The van der Waals surface area contributed by atoms with Crippen LogP contribution in [-0.2, 0) is 4.79 Å². The molecule has 0 atom stereocenters. The highest BCUT2D eigenvalue weighted by molar-refractivity contribution is 8.18. The predicted molar refractivity (Wildman–Crippen MR) is 95.0 cm³/mol. The Kier molecular flexibility index (Phi) is 4.69. The van der Waals surface area contributed by atoms with Gasteiger partial charge in [0.15, 0.2) is 5.17 Å². The fraction of sp³-hybridized carbons (Fsp3) is 0. The van der Waals surface area contributed by atoms with Crippen molar-refractivity contribution in [2.75, 3.05) is 0 Å². The van der Waals surface area contributed by atoms with Gasteiger partial charge in [0.05, 0.1) is 10.5 Å². The number of amides is 1. The van der Waals surface area contributed by atoms with Crippen LogP contribution in [0.2, 0.25) is 5.02 Å². The van der Waals surface area contributed by atoms with Crippen molar-refractivity contribution >= 4 is 46.5 Å². The summed E-state index contributed by atoms with van der Waals surface area (Å²) >= 11 is 6.91. The molecule has 0 radical (unpaired) electrons. The number of thioether (sulfide) groups is 1. The van der Waals surface area contributed by atoms with E-state index in [2.05, 4.69) is 4.99 Å². The maximum atomic E-state index is 12.0. The number of amidine groups is 1. The monoisotopic (exact) mass is 358 g/mol. The lowest BCUT2D eigenvalue weighted by molar-refractivity contribution is -0.113. The van der Waals surface area contributed by atoms with Crippen molar-refractivity contribution in [1.82, 2.24) is 0 Å². The molecule has 2 N–H and O–H groups in total. The Hall–Kier alpha value is -2.57. The van der Waals surface area contributed by atoms with Crippen LogP contribution in [0.1, 0.15) is 15.9 Å². The SMILES string of the molecule is NC1=NC(=O)/C(=C\c2ccc(OC(=O)c3ccc(Cl)cc3)cc2)S1. The van der Waals surface area contributed by atoms with Gasteiger partial charge in [-0.05, 0) is 59.8 Å². The number of aliphatic imine (C=N–C) groups is 1. The normalized spacial score (nSPS) is 15.5. The van der Waals surface area contributed by atoms with Gasteiger partial charge in [0.2, 0.25) is 0 Å². The van der Waals surface area contributed by atoms with Gasteiger partial charge in [0.25, 0.3) is 5.91 Å². The van der Waals surface area contributed by atoms with E-state index < -0.39 is 5.97 Å². The number of halogens is 1. The first-order chi connectivity index (χ1) is 11.5. The van der Waals surface area contributed by atoms with Gasteiger partial charge >= 0.3 is 5.97 Å². The van der Waals surface area contributed by atoms with Crippen molar-refractivity contribution in [3.8, 4) is 5.75 Å². The standard InChI is InChI=1S/C17H11ClN2O3S/c18-12-5-3-11(4-6-12)16(22)23-13-7-1-10(2-8-13)9-14-15(21)20-17(19)24-14/h1-9H,(H2,19,20,21)/b14-9+. The van der Waals surface area contributed by atoms with Crippen molar-refractivity contribution < 1.29 is 14.3 Å². The van der Waals surface area contributed by atoms with Crippen LogP contribution in [0.5, 0.6) is 5.75 Å². The largest absolute Gasteiger partial charge is 0.423 e. The number of nitrogens with zero attached hydrogens (tertiary/aromatic N) is 1. The number of benzene rings is 2. The molecule has 24 heavy (non-hydrogen) atoms. The Morgan fingerprint density at radius 3 is 2.38 bits per heavy atom. The summed E-state index contributed by atoms with van der Waals surface area (Å²) in [6.07, 6.45) is 1.68. The molecule has 120 valence electrons. The lowest BCUT2D eigenvalue weighted by atomic mass is 10.2. The number of carbonyl (C=O) groups is 2. The van der Waals surface area contributed by atoms with E-state index in [1.165, 1.54) is 0 Å². The van der Waals surface area contributed by atoms with Crippen molar-refractivity contribution in [2.45, 2.75) is 0 Å². The Labute approximate surface area is 147 Å². The van der Waals surface area contributed by atoms with E-state index in [0.717, 1.165) is 17.3 Å². The van der Waals surface area contributed by atoms with Crippen LogP contribution in [0.3, 0.4) is 0 Å². The molecule has 5 nitrogen and oxygen atoms in total. The first-order valence-electron chi connectivity index (χ1n) is 6.87. The van der Waals surface area contributed by atoms with E-state index in [0.29, 0.717) is 21.2 Å². The Morgan fingerprint density at radius 2 is 1.79 bits per heavy atom. The second-order valence-electron chi connectivity index (χ2n) is 4.83. The van der Waals surface area contributed by atoms with Crippen LogP contribution in [0.25, 0.3) is 6.08 Å². The third kappa shape index (κ3) is 3.84. The highest BCUT2D eigenvalue weighted by Gasteiger charge is 2.19. The molecule has 7 heteroatoms. The zero-order valence-electron chi connectivity index (χ0n) is 12.2. The van der Waals surface area contributed by atoms with Crippen molar-refractivity contribution in [3.05, 3.63) is 69.6 Å². The number of ether oxygens (including phenoxy) is 1. The number of hydrogen-bond donors (Lipinski definition) is 1. The quantitative estimate of drug-likeness (QED) is 0.516. The van der Waals surface area contributed by atoms with Gasteiger partial charge in [-0.1, -0.05) is 23.7 Å². The first kappa shape index (κ1) is 16.3. The predicted octanol–water partition coefficient (Wildman–Crippen LogP) is 3.49. The topological polar surface area (TPSA) is 81.8 Å². The van der Waals surface area contributed by atoms with Crippen LogP contribution in [0.15, 0.2) is 58.4 Å². The summed E-state index contributed by atoms with van der Waals surface area (Å²) in [6, 6.07) is 13.2. The number of esters is 1. The molecule has 0 spiro atoms. The molecule has 0 fully saturated rings. The lowest BCUT2D eigenvalue weighted by Gasteiger charge is -2.05. The van der Waals surface area contributed by atoms with E-state index in [9.17, 15) is 9.59 Å². The fourth-order valence-electron chi connectivity index (χ4n) is 1.96. The Balaban J connectivity index is 1.69. The van der Waals surface area contributed by atoms with E-state index in [1.807, 2.05) is 0 Å². The van der Waals surface area contributed by atoms with Gasteiger partial charge in [-0.2, -0.15) is 4.99 Å². The lowest BCUT2D eigenvalue weighted by Crippen LogP contribution is -2.08. The minimum atomic E-state index is -0.472. The molecule has 0 aliphatic carbocycles. The van der Waals surface area contributed by atoms with Crippen LogP contribution in [0, 0.1) is 0 Å². The van der Waals surface area contributed by atoms with Crippen molar-refractivity contribution in [1.29, 1.82) is 0 Å². The van der Waals surface area contributed by atoms with E-state index in [-0.39, 0.29) is 11.1 Å². The van der Waals surface area contributed by atoms with Crippen LogP contribution >= 0.6 is 23.4 Å². The highest BCUT2D eigenvalue weighted by Crippen LogP contribution is 2.27. The summed E-state index contributed by atoms with van der Waals surface area (Å²) < 4.78 is 5.29. The molecule has 0 saturated heterocycles. The smallest absolute Gasteiger partial charge is 0.343 e. The van der Waals surface area contributed by atoms with Crippen molar-refractivity contribution in [3.63, 3.8) is 0 Å². The van der Waals surface area contributed by atoms with Gasteiger partial charge in [-0.25, -0.2) is 4.79 Å². The Morgan fingerprint density at radius 1 is 1.12 bits per heavy atom.